The summed E-state index contributed by atoms with van der Waals surface area (Å²) in [6.45, 7) is 11.6. The SMILES string of the molecule is C=C(N[C@@H](c1ccc(C)o1)C(C)(C)C)/C(Nc1cccc(S(=O)(=O)N(C)C)c1O)=[N+](/[O-])ON. The highest BCUT2D eigenvalue weighted by Gasteiger charge is 2.32. The fourth-order valence-electron chi connectivity index (χ4n) is 3.01. The number of nitrogens with one attached hydrogen (secondary N) is 2. The zero-order chi connectivity index (χ0) is 25.1. The lowest BCUT2D eigenvalue weighted by Crippen LogP contribution is -2.38. The van der Waals surface area contributed by atoms with Crippen molar-refractivity contribution in [3.05, 3.63) is 59.3 Å². The highest BCUT2D eigenvalue weighted by molar-refractivity contribution is 7.89. The highest BCUT2D eigenvalue weighted by atomic mass is 32.2. The van der Waals surface area contributed by atoms with Crippen LogP contribution in [0.25, 0.3) is 0 Å². The maximum Gasteiger partial charge on any atom is 0.344 e. The van der Waals surface area contributed by atoms with E-state index >= 15 is 0 Å². The van der Waals surface area contributed by atoms with Crippen LogP contribution in [-0.4, -0.2) is 42.7 Å². The number of nitrogens with zero attached hydrogens (tertiary/aromatic N) is 2. The van der Waals surface area contributed by atoms with Gasteiger partial charge in [-0.1, -0.05) is 33.4 Å². The number of furan rings is 1. The summed E-state index contributed by atoms with van der Waals surface area (Å²) in [5.74, 6) is 5.52. The highest BCUT2D eigenvalue weighted by Crippen LogP contribution is 2.35. The monoisotopic (exact) mass is 481 g/mol. The fourth-order valence-corrected chi connectivity index (χ4v) is 4.00. The summed E-state index contributed by atoms with van der Waals surface area (Å²) in [6.07, 6.45) is 0. The molecule has 0 amide bonds. The van der Waals surface area contributed by atoms with Gasteiger partial charge in [0.1, 0.15) is 22.1 Å². The molecule has 1 aromatic carbocycles. The Balaban J connectivity index is 2.45. The summed E-state index contributed by atoms with van der Waals surface area (Å²) in [7, 11) is -1.28. The van der Waals surface area contributed by atoms with E-state index in [9.17, 15) is 18.7 Å². The van der Waals surface area contributed by atoms with E-state index in [0.29, 0.717) is 11.5 Å². The van der Waals surface area contributed by atoms with Crippen molar-refractivity contribution in [2.24, 2.45) is 11.3 Å². The fraction of sp³-hybridized carbons (Fsp3) is 0.381. The lowest BCUT2D eigenvalue weighted by atomic mass is 9.85. The number of hydrogen-bond acceptors (Lipinski definition) is 8. The molecule has 0 unspecified atom stereocenters. The van der Waals surface area contributed by atoms with Gasteiger partial charge < -0.3 is 25.0 Å². The number of sulfonamides is 1. The van der Waals surface area contributed by atoms with Crippen molar-refractivity contribution in [2.75, 3.05) is 19.4 Å². The van der Waals surface area contributed by atoms with Crippen molar-refractivity contribution >= 4 is 21.5 Å². The van der Waals surface area contributed by atoms with Crippen molar-refractivity contribution in [2.45, 2.75) is 38.6 Å². The molecule has 33 heavy (non-hydrogen) atoms. The van der Waals surface area contributed by atoms with Gasteiger partial charge in [-0.25, -0.2) is 23.9 Å². The molecule has 0 aliphatic rings. The number of anilines is 1. The van der Waals surface area contributed by atoms with Gasteiger partial charge in [0.05, 0.1) is 6.04 Å². The average molecular weight is 482 g/mol. The Morgan fingerprint density at radius 2 is 1.94 bits per heavy atom. The van der Waals surface area contributed by atoms with Crippen molar-refractivity contribution < 1.29 is 27.8 Å². The third kappa shape index (κ3) is 5.78. The molecule has 1 heterocycles. The van der Waals surface area contributed by atoms with Gasteiger partial charge in [-0.15, -0.1) is 0 Å². The number of hydrogen-bond donors (Lipinski definition) is 4. The lowest BCUT2D eigenvalue weighted by molar-refractivity contribution is -0.746. The number of nitrogens with two attached hydrogens (primary N) is 1. The van der Waals surface area contributed by atoms with Crippen LogP contribution in [0.2, 0.25) is 0 Å². The topological polar surface area (TPSA) is 156 Å². The summed E-state index contributed by atoms with van der Waals surface area (Å²) in [5.41, 5.74) is -0.378. The quantitative estimate of drug-likeness (QED) is 0.146. The zero-order valence-corrected chi connectivity index (χ0v) is 20.4. The molecule has 0 fully saturated rings. The predicted octanol–water partition coefficient (Wildman–Crippen LogP) is 2.56. The number of amidine groups is 1. The lowest BCUT2D eigenvalue weighted by Gasteiger charge is -2.31. The second-order valence-corrected chi connectivity index (χ2v) is 10.8. The molecule has 182 valence electrons. The number of phenols is 1. The van der Waals surface area contributed by atoms with Crippen LogP contribution in [0.4, 0.5) is 5.69 Å². The van der Waals surface area contributed by atoms with Crippen LogP contribution in [0.3, 0.4) is 0 Å². The van der Waals surface area contributed by atoms with Crippen LogP contribution in [0.1, 0.15) is 38.3 Å². The molecule has 0 saturated carbocycles. The number of para-hydroxylation sites is 1. The van der Waals surface area contributed by atoms with E-state index in [1.165, 1.54) is 32.3 Å². The first-order valence-electron chi connectivity index (χ1n) is 9.95. The minimum absolute atomic E-state index is 0.0466. The van der Waals surface area contributed by atoms with Crippen molar-refractivity contribution in [3.63, 3.8) is 0 Å². The van der Waals surface area contributed by atoms with E-state index in [4.69, 9.17) is 10.3 Å². The van der Waals surface area contributed by atoms with Gasteiger partial charge >= 0.3 is 5.84 Å². The van der Waals surface area contributed by atoms with Gasteiger partial charge in [-0.05, 0) is 41.5 Å². The largest absolute Gasteiger partial charge is 0.503 e. The van der Waals surface area contributed by atoms with Crippen LogP contribution in [0.5, 0.6) is 5.75 Å². The molecule has 11 nitrogen and oxygen atoms in total. The second kappa shape index (κ2) is 9.73. The van der Waals surface area contributed by atoms with Gasteiger partial charge in [-0.3, -0.25) is 0 Å². The maximum atomic E-state index is 12.5. The molecule has 12 heteroatoms. The first kappa shape index (κ1) is 26.0. The van der Waals surface area contributed by atoms with Crippen molar-refractivity contribution in [1.29, 1.82) is 0 Å². The summed E-state index contributed by atoms with van der Waals surface area (Å²) in [5, 5.41) is 28.8. The average Bonchev–Trinajstić information content (AvgIpc) is 3.15. The van der Waals surface area contributed by atoms with Crippen LogP contribution >= 0.6 is 0 Å². The van der Waals surface area contributed by atoms with Crippen LogP contribution in [0, 0.1) is 17.5 Å². The Labute approximate surface area is 193 Å². The van der Waals surface area contributed by atoms with Crippen LogP contribution in [0.15, 0.2) is 51.9 Å². The summed E-state index contributed by atoms with van der Waals surface area (Å²) in [6, 6.07) is 7.27. The Bertz CT molecular complexity index is 1150. The summed E-state index contributed by atoms with van der Waals surface area (Å²) < 4.78 is 31.7. The molecule has 0 spiro atoms. The normalized spacial score (nSPS) is 13.9. The summed E-state index contributed by atoms with van der Waals surface area (Å²) >= 11 is 0. The number of phenolic OH excluding ortho intramolecular Hbond substituents is 1. The molecule has 0 aliphatic heterocycles. The first-order valence-corrected chi connectivity index (χ1v) is 11.4. The van der Waals surface area contributed by atoms with Gasteiger partial charge in [0.2, 0.25) is 10.0 Å². The Morgan fingerprint density at radius 3 is 2.42 bits per heavy atom. The molecule has 0 aliphatic carbocycles. The number of aryl methyl sites for hydroxylation is 1. The Morgan fingerprint density at radius 1 is 1.30 bits per heavy atom. The molecule has 0 bridgehead atoms. The number of aromatic hydroxyl groups is 1. The molecular formula is C21H31N5O6S. The van der Waals surface area contributed by atoms with Crippen LogP contribution in [-0.2, 0) is 15.0 Å². The van der Waals surface area contributed by atoms with E-state index in [-0.39, 0.29) is 32.4 Å². The summed E-state index contributed by atoms with van der Waals surface area (Å²) in [4.78, 5) is 3.91. The molecule has 2 rings (SSSR count). The third-order valence-electron chi connectivity index (χ3n) is 4.81. The Hall–Kier alpha value is -3.22. The second-order valence-electron chi connectivity index (χ2n) is 8.65. The number of benzene rings is 1. The van der Waals surface area contributed by atoms with Gasteiger partial charge in [0.25, 0.3) is 0 Å². The minimum atomic E-state index is -3.95. The van der Waals surface area contributed by atoms with Gasteiger partial charge in [0.15, 0.2) is 11.4 Å². The van der Waals surface area contributed by atoms with E-state index in [2.05, 4.69) is 22.2 Å². The predicted molar refractivity (Wildman–Crippen MR) is 124 cm³/mol. The zero-order valence-electron chi connectivity index (χ0n) is 19.5. The minimum Gasteiger partial charge on any atom is -0.503 e. The van der Waals surface area contributed by atoms with Crippen molar-refractivity contribution in [3.8, 4) is 5.75 Å². The smallest absolute Gasteiger partial charge is 0.344 e. The number of rotatable bonds is 8. The molecule has 1 aromatic heterocycles. The molecule has 0 saturated heterocycles. The molecule has 2 aromatic rings. The Kier molecular flexibility index (Phi) is 7.68. The van der Waals surface area contributed by atoms with E-state index in [1.807, 2.05) is 39.8 Å². The van der Waals surface area contributed by atoms with E-state index < -0.39 is 21.8 Å². The standard InChI is InChI=1S/C21H31N5O6S/c1-13-11-12-16(31-13)19(21(3,4)5)23-14(2)20(26(28)32-22)24-15-9-8-10-17(18(15)27)33(29,30)25(6)7/h8-12,19,23-24,27H,2,22H2,1,3-7H3/b26-20+/t19-/m0/s1. The van der Waals surface area contributed by atoms with Crippen molar-refractivity contribution in [1.82, 2.24) is 9.62 Å². The van der Waals surface area contributed by atoms with Crippen LogP contribution < -0.4 is 16.5 Å². The van der Waals surface area contributed by atoms with Gasteiger partial charge in [0, 0.05) is 14.1 Å². The van der Waals surface area contributed by atoms with E-state index in [1.54, 1.807) is 0 Å². The first-order chi connectivity index (χ1) is 15.2. The molecular weight excluding hydrogens is 450 g/mol. The molecule has 1 atom stereocenters. The molecule has 5 N–H and O–H groups in total. The van der Waals surface area contributed by atoms with E-state index in [0.717, 1.165) is 4.31 Å². The molecule has 0 radical (unpaired) electrons. The third-order valence-corrected chi connectivity index (χ3v) is 6.65. The maximum absolute atomic E-state index is 12.5. The van der Waals surface area contributed by atoms with Gasteiger partial charge in [-0.2, -0.15) is 0 Å².